The first kappa shape index (κ1) is 15.9. The molecule has 1 aromatic heterocycles. The third kappa shape index (κ3) is 3.23. The van der Waals surface area contributed by atoms with Crippen LogP contribution in [-0.2, 0) is 16.7 Å². The SMILES string of the molecule is CC(CCS(C)=O)n1c(CCl)nc2cc(Br)c(F)cc21. The Bertz CT molecular complexity index is 661. The van der Waals surface area contributed by atoms with Gasteiger partial charge in [-0.25, -0.2) is 9.37 Å². The summed E-state index contributed by atoms with van der Waals surface area (Å²) in [5, 5.41) is 0. The topological polar surface area (TPSA) is 34.9 Å². The standard InChI is InChI=1S/C13H15BrClFN2OS/c1-8(3-4-20(2)19)18-12-6-10(16)9(14)5-11(12)17-13(18)7-15/h5-6,8H,3-4,7H2,1-2H3. The summed E-state index contributed by atoms with van der Waals surface area (Å²) in [6, 6.07) is 3.18. The fourth-order valence-electron chi connectivity index (χ4n) is 2.19. The number of hydrogen-bond donors (Lipinski definition) is 0. The maximum atomic E-state index is 13.7. The zero-order chi connectivity index (χ0) is 14.9. The monoisotopic (exact) mass is 380 g/mol. The second-order valence-electron chi connectivity index (χ2n) is 4.70. The van der Waals surface area contributed by atoms with E-state index in [1.807, 2.05) is 11.5 Å². The zero-order valence-electron chi connectivity index (χ0n) is 11.2. The molecule has 1 heterocycles. The summed E-state index contributed by atoms with van der Waals surface area (Å²) in [5.74, 6) is 1.23. The Labute approximate surface area is 133 Å². The summed E-state index contributed by atoms with van der Waals surface area (Å²) in [4.78, 5) is 4.44. The molecule has 2 aromatic rings. The number of rotatable bonds is 5. The summed E-state index contributed by atoms with van der Waals surface area (Å²) in [6.45, 7) is 2.00. The van der Waals surface area contributed by atoms with E-state index in [1.165, 1.54) is 6.07 Å². The minimum Gasteiger partial charge on any atom is -0.324 e. The summed E-state index contributed by atoms with van der Waals surface area (Å²) in [7, 11) is -0.846. The summed E-state index contributed by atoms with van der Waals surface area (Å²) >= 11 is 9.10. The molecule has 0 saturated carbocycles. The molecule has 110 valence electrons. The van der Waals surface area contributed by atoms with Crippen LogP contribution in [0.25, 0.3) is 11.0 Å². The van der Waals surface area contributed by atoms with Gasteiger partial charge in [-0.05, 0) is 35.3 Å². The van der Waals surface area contributed by atoms with Gasteiger partial charge in [-0.15, -0.1) is 11.6 Å². The minimum absolute atomic E-state index is 0.0678. The molecule has 20 heavy (non-hydrogen) atoms. The molecule has 0 amide bonds. The first-order chi connectivity index (χ1) is 9.43. The van der Waals surface area contributed by atoms with E-state index in [4.69, 9.17) is 11.6 Å². The van der Waals surface area contributed by atoms with Gasteiger partial charge < -0.3 is 4.57 Å². The van der Waals surface area contributed by atoms with E-state index >= 15 is 0 Å². The van der Waals surface area contributed by atoms with E-state index in [2.05, 4.69) is 20.9 Å². The smallest absolute Gasteiger partial charge is 0.139 e. The fourth-order valence-corrected chi connectivity index (χ4v) is 3.38. The highest BCUT2D eigenvalue weighted by molar-refractivity contribution is 9.10. The lowest BCUT2D eigenvalue weighted by atomic mass is 10.2. The Kier molecular flexibility index (Phi) is 5.20. The van der Waals surface area contributed by atoms with Crippen LogP contribution in [0, 0.1) is 5.82 Å². The maximum Gasteiger partial charge on any atom is 0.139 e. The van der Waals surface area contributed by atoms with Crippen molar-refractivity contribution in [1.29, 1.82) is 0 Å². The van der Waals surface area contributed by atoms with E-state index in [1.54, 1.807) is 12.3 Å². The number of benzene rings is 1. The first-order valence-corrected chi connectivity index (χ1v) is 9.21. The molecule has 0 aliphatic heterocycles. The van der Waals surface area contributed by atoms with Gasteiger partial charge in [-0.2, -0.15) is 0 Å². The van der Waals surface area contributed by atoms with Crippen LogP contribution in [0.4, 0.5) is 4.39 Å². The normalized spacial score (nSPS) is 14.7. The predicted molar refractivity (Wildman–Crippen MR) is 85.2 cm³/mol. The fraction of sp³-hybridized carbons (Fsp3) is 0.462. The molecule has 0 fully saturated rings. The Morgan fingerprint density at radius 1 is 1.55 bits per heavy atom. The van der Waals surface area contributed by atoms with Crippen molar-refractivity contribution in [3.05, 3.63) is 28.2 Å². The molecule has 2 rings (SSSR count). The quantitative estimate of drug-likeness (QED) is 0.734. The predicted octanol–water partition coefficient (Wildman–Crippen LogP) is 4.01. The van der Waals surface area contributed by atoms with Gasteiger partial charge in [0, 0.05) is 34.9 Å². The van der Waals surface area contributed by atoms with Gasteiger partial charge in [-0.1, -0.05) is 0 Å². The highest BCUT2D eigenvalue weighted by Crippen LogP contribution is 2.28. The molecule has 0 bridgehead atoms. The summed E-state index contributed by atoms with van der Waals surface area (Å²) in [6.07, 6.45) is 2.41. The Hall–Kier alpha value is -0.460. The molecule has 0 aliphatic rings. The third-order valence-corrected chi connectivity index (χ3v) is 4.85. The number of fused-ring (bicyclic) bond motifs is 1. The molecular weight excluding hydrogens is 367 g/mol. The number of aromatic nitrogens is 2. The van der Waals surface area contributed by atoms with Crippen LogP contribution in [0.5, 0.6) is 0 Å². The van der Waals surface area contributed by atoms with E-state index < -0.39 is 10.8 Å². The van der Waals surface area contributed by atoms with Crippen molar-refractivity contribution < 1.29 is 8.60 Å². The van der Waals surface area contributed by atoms with Crippen LogP contribution in [0.3, 0.4) is 0 Å². The van der Waals surface area contributed by atoms with E-state index in [0.29, 0.717) is 21.6 Å². The largest absolute Gasteiger partial charge is 0.324 e. The van der Waals surface area contributed by atoms with Crippen molar-refractivity contribution in [1.82, 2.24) is 9.55 Å². The lowest BCUT2D eigenvalue weighted by molar-refractivity contribution is 0.529. The lowest BCUT2D eigenvalue weighted by Gasteiger charge is -2.16. The molecule has 0 spiro atoms. The maximum absolute atomic E-state index is 13.7. The molecule has 0 saturated heterocycles. The van der Waals surface area contributed by atoms with Gasteiger partial charge in [0.25, 0.3) is 0 Å². The van der Waals surface area contributed by atoms with Gasteiger partial charge in [0.2, 0.25) is 0 Å². The van der Waals surface area contributed by atoms with Crippen LogP contribution >= 0.6 is 27.5 Å². The number of nitrogens with zero attached hydrogens (tertiary/aromatic N) is 2. The molecular formula is C13H15BrClFN2OS. The van der Waals surface area contributed by atoms with E-state index in [-0.39, 0.29) is 17.7 Å². The van der Waals surface area contributed by atoms with Crippen molar-refractivity contribution >= 4 is 49.4 Å². The molecule has 3 nitrogen and oxygen atoms in total. The zero-order valence-corrected chi connectivity index (χ0v) is 14.4. The Morgan fingerprint density at radius 3 is 2.85 bits per heavy atom. The van der Waals surface area contributed by atoms with Crippen LogP contribution < -0.4 is 0 Å². The molecule has 7 heteroatoms. The number of hydrogen-bond acceptors (Lipinski definition) is 2. The summed E-state index contributed by atoms with van der Waals surface area (Å²) in [5.41, 5.74) is 1.43. The van der Waals surface area contributed by atoms with Crippen LogP contribution in [0.15, 0.2) is 16.6 Å². The number of imidazole rings is 1. The average Bonchev–Trinajstić information content (AvgIpc) is 2.74. The molecule has 0 radical (unpaired) electrons. The van der Waals surface area contributed by atoms with Crippen LogP contribution in [0.2, 0.25) is 0 Å². The Balaban J connectivity index is 2.49. The minimum atomic E-state index is -0.846. The third-order valence-electron chi connectivity index (χ3n) is 3.19. The molecule has 1 aromatic carbocycles. The van der Waals surface area contributed by atoms with Crippen molar-refractivity contribution in [2.45, 2.75) is 25.3 Å². The second kappa shape index (κ2) is 6.54. The molecule has 2 unspecified atom stereocenters. The molecule has 2 atom stereocenters. The summed E-state index contributed by atoms with van der Waals surface area (Å²) < 4.78 is 27.3. The van der Waals surface area contributed by atoms with E-state index in [9.17, 15) is 8.60 Å². The van der Waals surface area contributed by atoms with Crippen molar-refractivity contribution in [3.8, 4) is 0 Å². The number of halogens is 3. The van der Waals surface area contributed by atoms with Crippen molar-refractivity contribution in [2.24, 2.45) is 0 Å². The van der Waals surface area contributed by atoms with Gasteiger partial charge in [-0.3, -0.25) is 4.21 Å². The van der Waals surface area contributed by atoms with Gasteiger partial charge in [0.15, 0.2) is 0 Å². The number of alkyl halides is 1. The van der Waals surface area contributed by atoms with Gasteiger partial charge >= 0.3 is 0 Å². The molecule has 0 aliphatic carbocycles. The lowest BCUT2D eigenvalue weighted by Crippen LogP contribution is -2.11. The highest BCUT2D eigenvalue weighted by Gasteiger charge is 2.17. The van der Waals surface area contributed by atoms with Gasteiger partial charge in [0.05, 0.1) is 21.4 Å². The molecule has 0 N–H and O–H groups in total. The van der Waals surface area contributed by atoms with Crippen molar-refractivity contribution in [3.63, 3.8) is 0 Å². The Morgan fingerprint density at radius 2 is 2.25 bits per heavy atom. The van der Waals surface area contributed by atoms with E-state index in [0.717, 1.165) is 11.9 Å². The van der Waals surface area contributed by atoms with Crippen LogP contribution in [0.1, 0.15) is 25.2 Å². The average molecular weight is 382 g/mol. The first-order valence-electron chi connectivity index (χ1n) is 6.16. The van der Waals surface area contributed by atoms with Gasteiger partial charge in [0.1, 0.15) is 11.6 Å². The van der Waals surface area contributed by atoms with Crippen LogP contribution in [-0.4, -0.2) is 25.8 Å². The van der Waals surface area contributed by atoms with Crippen molar-refractivity contribution in [2.75, 3.05) is 12.0 Å². The second-order valence-corrected chi connectivity index (χ2v) is 7.38. The highest BCUT2D eigenvalue weighted by atomic mass is 79.9.